The van der Waals surface area contributed by atoms with Gasteiger partial charge in [-0.15, -0.1) is 22.9 Å². The molecule has 0 spiro atoms. The van der Waals surface area contributed by atoms with E-state index in [2.05, 4.69) is 47.8 Å². The molecule has 0 amide bonds. The molecule has 0 nitrogen and oxygen atoms in total. The van der Waals surface area contributed by atoms with Gasteiger partial charge < -0.3 is 0 Å². The SMILES string of the molecule is Fc1c(Br)cccc1C(Cl)c1cc(Br)c(Br)s1. The van der Waals surface area contributed by atoms with Gasteiger partial charge in [0, 0.05) is 14.9 Å². The average molecular weight is 463 g/mol. The molecule has 0 saturated carbocycles. The van der Waals surface area contributed by atoms with Crippen molar-refractivity contribution < 1.29 is 4.39 Å². The summed E-state index contributed by atoms with van der Waals surface area (Å²) >= 11 is 17.7. The number of benzene rings is 1. The zero-order valence-electron chi connectivity index (χ0n) is 8.18. The maximum absolute atomic E-state index is 13.9. The summed E-state index contributed by atoms with van der Waals surface area (Å²) in [5, 5.41) is -0.486. The number of rotatable bonds is 2. The van der Waals surface area contributed by atoms with Crippen molar-refractivity contribution in [1.82, 2.24) is 0 Å². The van der Waals surface area contributed by atoms with Crippen molar-refractivity contribution in [3.8, 4) is 0 Å². The van der Waals surface area contributed by atoms with Crippen LogP contribution in [-0.2, 0) is 0 Å². The van der Waals surface area contributed by atoms with Crippen molar-refractivity contribution in [2.75, 3.05) is 0 Å². The van der Waals surface area contributed by atoms with Gasteiger partial charge in [-0.1, -0.05) is 12.1 Å². The highest BCUT2D eigenvalue weighted by molar-refractivity contribution is 9.13. The molecule has 0 N–H and O–H groups in total. The summed E-state index contributed by atoms with van der Waals surface area (Å²) in [4.78, 5) is 0.891. The summed E-state index contributed by atoms with van der Waals surface area (Å²) in [5.74, 6) is -0.312. The number of thiophene rings is 1. The van der Waals surface area contributed by atoms with Crippen LogP contribution in [0.1, 0.15) is 15.8 Å². The second-order valence-electron chi connectivity index (χ2n) is 3.28. The first-order chi connectivity index (χ1) is 8.00. The van der Waals surface area contributed by atoms with E-state index in [9.17, 15) is 4.39 Å². The number of alkyl halides is 1. The maximum atomic E-state index is 13.9. The number of halogens is 5. The Labute approximate surface area is 133 Å². The van der Waals surface area contributed by atoms with E-state index in [1.165, 1.54) is 11.3 Å². The van der Waals surface area contributed by atoms with E-state index < -0.39 is 5.38 Å². The lowest BCUT2D eigenvalue weighted by Gasteiger charge is -2.09. The highest BCUT2D eigenvalue weighted by atomic mass is 79.9. The maximum Gasteiger partial charge on any atom is 0.142 e. The smallest absolute Gasteiger partial charge is 0.142 e. The third-order valence-electron chi connectivity index (χ3n) is 2.17. The average Bonchev–Trinajstić information content (AvgIpc) is 2.62. The lowest BCUT2D eigenvalue weighted by Crippen LogP contribution is -1.95. The molecule has 0 aliphatic carbocycles. The molecule has 0 aliphatic heterocycles. The lowest BCUT2D eigenvalue weighted by atomic mass is 10.1. The molecule has 6 heteroatoms. The van der Waals surface area contributed by atoms with Crippen molar-refractivity contribution >= 4 is 70.7 Å². The van der Waals surface area contributed by atoms with Crippen LogP contribution in [-0.4, -0.2) is 0 Å². The van der Waals surface area contributed by atoms with Crippen LogP contribution in [0.5, 0.6) is 0 Å². The van der Waals surface area contributed by atoms with Gasteiger partial charge in [0.15, 0.2) is 0 Å². The predicted octanol–water partition coefficient (Wildman–Crippen LogP) is 6.50. The van der Waals surface area contributed by atoms with Crippen LogP contribution in [0.25, 0.3) is 0 Å². The topological polar surface area (TPSA) is 0 Å². The summed E-state index contributed by atoms with van der Waals surface area (Å²) in [6, 6.07) is 7.02. The van der Waals surface area contributed by atoms with Gasteiger partial charge in [0.25, 0.3) is 0 Å². The van der Waals surface area contributed by atoms with Crippen LogP contribution < -0.4 is 0 Å². The third-order valence-corrected chi connectivity index (χ3v) is 6.70. The lowest BCUT2D eigenvalue weighted by molar-refractivity contribution is 0.606. The Morgan fingerprint density at radius 1 is 1.18 bits per heavy atom. The Morgan fingerprint density at radius 2 is 1.88 bits per heavy atom. The quantitative estimate of drug-likeness (QED) is 0.446. The van der Waals surface area contributed by atoms with Gasteiger partial charge in [-0.3, -0.25) is 0 Å². The first kappa shape index (κ1) is 14.0. The molecular formula is C11H5Br3ClFS. The highest BCUT2D eigenvalue weighted by Crippen LogP contribution is 2.41. The molecular weight excluding hydrogens is 458 g/mol. The minimum Gasteiger partial charge on any atom is -0.205 e. The molecule has 2 aromatic rings. The molecule has 1 aromatic carbocycles. The Hall–Kier alpha value is 0.580. The van der Waals surface area contributed by atoms with Crippen LogP contribution in [0.2, 0.25) is 0 Å². The van der Waals surface area contributed by atoms with Crippen LogP contribution in [0.15, 0.2) is 37.0 Å². The minimum atomic E-state index is -0.486. The molecule has 1 heterocycles. The summed E-state index contributed by atoms with van der Waals surface area (Å²) in [6.45, 7) is 0. The second kappa shape index (κ2) is 5.70. The molecule has 0 fully saturated rings. The van der Waals surface area contributed by atoms with Crippen LogP contribution in [0.4, 0.5) is 4.39 Å². The zero-order chi connectivity index (χ0) is 12.6. The van der Waals surface area contributed by atoms with E-state index >= 15 is 0 Å². The van der Waals surface area contributed by atoms with Crippen molar-refractivity contribution in [1.29, 1.82) is 0 Å². The fraction of sp³-hybridized carbons (Fsp3) is 0.0909. The number of hydrogen-bond donors (Lipinski definition) is 0. The van der Waals surface area contributed by atoms with E-state index in [0.717, 1.165) is 13.1 Å². The fourth-order valence-corrected chi connectivity index (χ4v) is 4.19. The Kier molecular flexibility index (Phi) is 4.69. The Balaban J connectivity index is 2.43. The summed E-state index contributed by atoms with van der Waals surface area (Å²) in [6.07, 6.45) is 0. The largest absolute Gasteiger partial charge is 0.205 e. The van der Waals surface area contributed by atoms with Crippen LogP contribution >= 0.6 is 70.7 Å². The van der Waals surface area contributed by atoms with Gasteiger partial charge in [-0.05, 0) is 59.9 Å². The summed E-state index contributed by atoms with van der Waals surface area (Å²) < 4.78 is 16.2. The Bertz CT molecular complexity index is 536. The molecule has 0 saturated heterocycles. The van der Waals surface area contributed by atoms with Gasteiger partial charge in [0.2, 0.25) is 0 Å². The van der Waals surface area contributed by atoms with E-state index in [-0.39, 0.29) is 5.82 Å². The first-order valence-corrected chi connectivity index (χ1v) is 8.16. The molecule has 1 aromatic heterocycles. The standard InChI is InChI=1S/C11H5Br3ClFS/c12-6-3-1-2-5(10(6)16)9(15)8-4-7(13)11(14)17-8/h1-4,9H. The second-order valence-corrected chi connectivity index (χ2v) is 7.82. The first-order valence-electron chi connectivity index (χ1n) is 4.53. The van der Waals surface area contributed by atoms with Crippen molar-refractivity contribution in [2.24, 2.45) is 0 Å². The molecule has 2 rings (SSSR count). The van der Waals surface area contributed by atoms with Crippen LogP contribution in [0.3, 0.4) is 0 Å². The molecule has 90 valence electrons. The van der Waals surface area contributed by atoms with E-state index in [0.29, 0.717) is 10.0 Å². The molecule has 1 atom stereocenters. The number of hydrogen-bond acceptors (Lipinski definition) is 1. The van der Waals surface area contributed by atoms with Gasteiger partial charge >= 0.3 is 0 Å². The minimum absolute atomic E-state index is 0.312. The molecule has 17 heavy (non-hydrogen) atoms. The van der Waals surface area contributed by atoms with Crippen molar-refractivity contribution in [3.63, 3.8) is 0 Å². The van der Waals surface area contributed by atoms with Gasteiger partial charge in [0.05, 0.1) is 13.6 Å². The Morgan fingerprint density at radius 3 is 2.47 bits per heavy atom. The zero-order valence-corrected chi connectivity index (χ0v) is 14.5. The molecule has 1 unspecified atom stereocenters. The summed E-state index contributed by atoms with van der Waals surface area (Å²) in [5.41, 5.74) is 0.474. The van der Waals surface area contributed by atoms with E-state index in [1.54, 1.807) is 18.2 Å². The van der Waals surface area contributed by atoms with Crippen molar-refractivity contribution in [2.45, 2.75) is 5.38 Å². The van der Waals surface area contributed by atoms with Gasteiger partial charge in [-0.2, -0.15) is 0 Å². The molecule has 0 radical (unpaired) electrons. The molecule has 0 bridgehead atoms. The molecule has 0 aliphatic rings. The monoisotopic (exact) mass is 460 g/mol. The predicted molar refractivity (Wildman–Crippen MR) is 81.5 cm³/mol. The third kappa shape index (κ3) is 2.95. The highest BCUT2D eigenvalue weighted by Gasteiger charge is 2.19. The fourth-order valence-electron chi connectivity index (χ4n) is 1.36. The van der Waals surface area contributed by atoms with Crippen LogP contribution in [0, 0.1) is 5.82 Å². The van der Waals surface area contributed by atoms with E-state index in [1.807, 2.05) is 6.07 Å². The summed E-state index contributed by atoms with van der Waals surface area (Å²) in [7, 11) is 0. The van der Waals surface area contributed by atoms with E-state index in [4.69, 9.17) is 11.6 Å². The van der Waals surface area contributed by atoms with Crippen molar-refractivity contribution in [3.05, 3.63) is 53.3 Å². The normalized spacial score (nSPS) is 12.8. The van der Waals surface area contributed by atoms with Gasteiger partial charge in [-0.25, -0.2) is 4.39 Å². The van der Waals surface area contributed by atoms with Gasteiger partial charge in [0.1, 0.15) is 5.82 Å².